The van der Waals surface area contributed by atoms with E-state index < -0.39 is 51.0 Å². The maximum atomic E-state index is 15.2. The molecular formula is C17H18F3N3O3. The maximum absolute atomic E-state index is 15.2. The summed E-state index contributed by atoms with van der Waals surface area (Å²) in [7, 11) is 0. The van der Waals surface area contributed by atoms with Gasteiger partial charge in [-0.25, -0.2) is 18.0 Å². The summed E-state index contributed by atoms with van der Waals surface area (Å²) in [6.45, 7) is 4.51. The van der Waals surface area contributed by atoms with Crippen molar-refractivity contribution in [1.82, 2.24) is 9.88 Å². The lowest BCUT2D eigenvalue weighted by atomic mass is 10.1. The van der Waals surface area contributed by atoms with Gasteiger partial charge in [-0.1, -0.05) is 0 Å². The second-order valence-electron chi connectivity index (χ2n) is 6.28. The summed E-state index contributed by atoms with van der Waals surface area (Å²) < 4.78 is 45.7. The summed E-state index contributed by atoms with van der Waals surface area (Å²) in [4.78, 5) is 24.9. The zero-order valence-corrected chi connectivity index (χ0v) is 14.3. The average Bonchev–Trinajstić information content (AvgIpc) is 2.59. The lowest BCUT2D eigenvalue weighted by Crippen LogP contribution is -2.50. The minimum atomic E-state index is -1.58. The third kappa shape index (κ3) is 2.72. The lowest BCUT2D eigenvalue weighted by Gasteiger charge is -2.34. The van der Waals surface area contributed by atoms with Gasteiger partial charge in [0.05, 0.1) is 10.9 Å². The highest BCUT2D eigenvalue weighted by atomic mass is 19.2. The first-order valence-corrected chi connectivity index (χ1v) is 8.23. The highest BCUT2D eigenvalue weighted by Gasteiger charge is 2.30. The van der Waals surface area contributed by atoms with Crippen LogP contribution in [0.5, 0.6) is 0 Å². The smallest absolute Gasteiger partial charge is 0.341 e. The molecule has 0 amide bonds. The molecule has 3 rings (SSSR count). The van der Waals surface area contributed by atoms with Crippen LogP contribution in [0.1, 0.15) is 24.2 Å². The number of benzene rings is 1. The predicted molar refractivity (Wildman–Crippen MR) is 90.4 cm³/mol. The van der Waals surface area contributed by atoms with E-state index in [0.717, 1.165) is 10.8 Å². The first-order valence-electron chi connectivity index (χ1n) is 8.23. The molecule has 2 N–H and O–H groups in total. The molecule has 1 aromatic carbocycles. The molecule has 2 heterocycles. The summed E-state index contributed by atoms with van der Waals surface area (Å²) in [5.41, 5.74) is -2.94. The summed E-state index contributed by atoms with van der Waals surface area (Å²) in [6.07, 6.45) is 0.956. The summed E-state index contributed by atoms with van der Waals surface area (Å²) in [5, 5.41) is 11.4. The van der Waals surface area contributed by atoms with Gasteiger partial charge in [-0.15, -0.1) is 0 Å². The minimum absolute atomic E-state index is 0.0518. The Morgan fingerprint density at radius 2 is 2.00 bits per heavy atom. The van der Waals surface area contributed by atoms with Gasteiger partial charge in [0.25, 0.3) is 0 Å². The minimum Gasteiger partial charge on any atom is -0.477 e. The van der Waals surface area contributed by atoms with Crippen molar-refractivity contribution in [2.24, 2.45) is 0 Å². The largest absolute Gasteiger partial charge is 0.477 e. The second-order valence-corrected chi connectivity index (χ2v) is 6.28. The molecule has 1 unspecified atom stereocenters. The van der Waals surface area contributed by atoms with E-state index in [-0.39, 0.29) is 25.7 Å². The number of rotatable bonds is 3. The second kappa shape index (κ2) is 6.64. The number of aromatic nitrogens is 1. The number of piperazine rings is 1. The van der Waals surface area contributed by atoms with Gasteiger partial charge in [0.1, 0.15) is 11.3 Å². The maximum Gasteiger partial charge on any atom is 0.341 e. The Bertz CT molecular complexity index is 958. The number of halogens is 3. The van der Waals surface area contributed by atoms with Crippen molar-refractivity contribution in [3.63, 3.8) is 0 Å². The highest BCUT2D eigenvalue weighted by Crippen LogP contribution is 2.33. The number of nitrogens with one attached hydrogen (secondary N) is 1. The fourth-order valence-corrected chi connectivity index (χ4v) is 3.34. The third-order valence-electron chi connectivity index (χ3n) is 4.57. The van der Waals surface area contributed by atoms with Crippen molar-refractivity contribution < 1.29 is 23.1 Å². The molecule has 26 heavy (non-hydrogen) atoms. The molecule has 0 radical (unpaired) electrons. The molecule has 2 aromatic rings. The van der Waals surface area contributed by atoms with Gasteiger partial charge in [-0.3, -0.25) is 4.79 Å². The van der Waals surface area contributed by atoms with Crippen LogP contribution in [0.2, 0.25) is 0 Å². The molecule has 0 saturated carbocycles. The van der Waals surface area contributed by atoms with Crippen LogP contribution in [-0.4, -0.2) is 41.3 Å². The zero-order chi connectivity index (χ0) is 19.2. The topological polar surface area (TPSA) is 74.6 Å². The molecule has 1 atom stereocenters. The molecule has 0 bridgehead atoms. The number of carboxylic acid groups (broad SMARTS) is 1. The number of pyridine rings is 1. The van der Waals surface area contributed by atoms with E-state index in [1.807, 2.05) is 6.92 Å². The number of carboxylic acids is 1. The normalized spacial score (nSPS) is 17.7. The number of anilines is 1. The average molecular weight is 369 g/mol. The Balaban J connectivity index is 2.39. The Kier molecular flexibility index (Phi) is 4.66. The van der Waals surface area contributed by atoms with Crippen molar-refractivity contribution >= 4 is 22.6 Å². The van der Waals surface area contributed by atoms with Crippen LogP contribution < -0.4 is 15.6 Å². The van der Waals surface area contributed by atoms with Gasteiger partial charge in [0.15, 0.2) is 17.5 Å². The SMILES string of the molecule is CCn1cc(C(=O)O)c(=O)c2c(F)c(F)c(N3CCNC(C)C3)c(F)c21. The van der Waals surface area contributed by atoms with Crippen LogP contribution in [0.15, 0.2) is 11.0 Å². The molecule has 1 aliphatic rings. The van der Waals surface area contributed by atoms with Crippen molar-refractivity contribution in [1.29, 1.82) is 0 Å². The summed E-state index contributed by atoms with van der Waals surface area (Å²) in [6, 6.07) is -0.0518. The van der Waals surface area contributed by atoms with E-state index in [9.17, 15) is 18.4 Å². The number of nitrogens with zero attached hydrogens (tertiary/aromatic N) is 2. The van der Waals surface area contributed by atoms with Crippen molar-refractivity contribution in [2.75, 3.05) is 24.5 Å². The predicted octanol–water partition coefficient (Wildman–Crippen LogP) is 1.94. The lowest BCUT2D eigenvalue weighted by molar-refractivity contribution is 0.0695. The molecule has 1 aliphatic heterocycles. The zero-order valence-electron chi connectivity index (χ0n) is 14.3. The van der Waals surface area contributed by atoms with E-state index in [0.29, 0.717) is 6.54 Å². The van der Waals surface area contributed by atoms with Crippen molar-refractivity contribution in [2.45, 2.75) is 26.4 Å². The Morgan fingerprint density at radius 1 is 1.31 bits per heavy atom. The van der Waals surface area contributed by atoms with E-state index in [1.54, 1.807) is 6.92 Å². The van der Waals surface area contributed by atoms with Crippen LogP contribution in [-0.2, 0) is 6.54 Å². The van der Waals surface area contributed by atoms with Crippen LogP contribution in [0.3, 0.4) is 0 Å². The van der Waals surface area contributed by atoms with Crippen LogP contribution in [0.25, 0.3) is 10.9 Å². The summed E-state index contributed by atoms with van der Waals surface area (Å²) in [5.74, 6) is -5.66. The quantitative estimate of drug-likeness (QED) is 0.809. The fraction of sp³-hybridized carbons (Fsp3) is 0.412. The molecular weight excluding hydrogens is 351 g/mol. The van der Waals surface area contributed by atoms with Gasteiger partial charge in [0, 0.05) is 38.4 Å². The Morgan fingerprint density at radius 3 is 2.58 bits per heavy atom. The summed E-state index contributed by atoms with van der Waals surface area (Å²) >= 11 is 0. The van der Waals surface area contributed by atoms with Gasteiger partial charge in [-0.2, -0.15) is 0 Å². The third-order valence-corrected chi connectivity index (χ3v) is 4.57. The molecule has 1 fully saturated rings. The number of hydrogen-bond donors (Lipinski definition) is 2. The van der Waals surface area contributed by atoms with Gasteiger partial charge in [0.2, 0.25) is 5.43 Å². The standard InChI is InChI=1S/C17H18F3N3O3/c1-3-22-7-9(17(25)26)16(24)10-11(18)12(19)15(13(20)14(10)22)23-5-4-21-8(2)6-23/h7-8,21H,3-6H2,1-2H3,(H,25,26). The monoisotopic (exact) mass is 369 g/mol. The van der Waals surface area contributed by atoms with E-state index in [4.69, 9.17) is 5.11 Å². The number of aryl methyl sites for hydroxylation is 1. The van der Waals surface area contributed by atoms with Crippen LogP contribution >= 0.6 is 0 Å². The number of hydrogen-bond acceptors (Lipinski definition) is 4. The van der Waals surface area contributed by atoms with Gasteiger partial charge >= 0.3 is 5.97 Å². The molecule has 140 valence electrons. The highest BCUT2D eigenvalue weighted by molar-refractivity contribution is 5.94. The molecule has 0 aliphatic carbocycles. The number of fused-ring (bicyclic) bond motifs is 1. The first-order chi connectivity index (χ1) is 12.3. The van der Waals surface area contributed by atoms with E-state index in [1.165, 1.54) is 4.90 Å². The van der Waals surface area contributed by atoms with Crippen molar-refractivity contribution in [3.05, 3.63) is 39.4 Å². The molecule has 0 spiro atoms. The molecule has 1 saturated heterocycles. The van der Waals surface area contributed by atoms with Gasteiger partial charge in [-0.05, 0) is 13.8 Å². The van der Waals surface area contributed by atoms with Gasteiger partial charge < -0.3 is 19.9 Å². The number of aromatic carboxylic acids is 1. The van der Waals surface area contributed by atoms with Crippen molar-refractivity contribution in [3.8, 4) is 0 Å². The van der Waals surface area contributed by atoms with Crippen LogP contribution in [0, 0.1) is 17.5 Å². The fourth-order valence-electron chi connectivity index (χ4n) is 3.34. The van der Waals surface area contributed by atoms with E-state index in [2.05, 4.69) is 5.32 Å². The Hall–Kier alpha value is -2.55. The Labute approximate surface area is 146 Å². The molecule has 6 nitrogen and oxygen atoms in total. The number of carbonyl (C=O) groups is 1. The van der Waals surface area contributed by atoms with E-state index >= 15 is 4.39 Å². The van der Waals surface area contributed by atoms with Crippen LogP contribution in [0.4, 0.5) is 18.9 Å². The molecule has 9 heteroatoms. The molecule has 1 aromatic heterocycles. The first kappa shape index (κ1) is 18.2.